The van der Waals surface area contributed by atoms with Crippen molar-refractivity contribution < 1.29 is 0 Å². The molecule has 0 heterocycles. The second kappa shape index (κ2) is 6.47. The summed E-state index contributed by atoms with van der Waals surface area (Å²) >= 11 is 0. The maximum Gasteiger partial charge on any atom is 0.0205 e. The fourth-order valence-electron chi connectivity index (χ4n) is 2.08. The maximum atomic E-state index is 5.21. The summed E-state index contributed by atoms with van der Waals surface area (Å²) in [6, 6.07) is 9.00. The molecule has 0 amide bonds. The van der Waals surface area contributed by atoms with Gasteiger partial charge >= 0.3 is 0 Å². The minimum Gasteiger partial charge on any atom is -0.313 e. The summed E-state index contributed by atoms with van der Waals surface area (Å²) in [6.07, 6.45) is 11.2. The lowest BCUT2D eigenvalue weighted by atomic mass is 10.1. The van der Waals surface area contributed by atoms with Crippen LogP contribution < -0.4 is 5.32 Å². The van der Waals surface area contributed by atoms with E-state index < -0.39 is 0 Å². The van der Waals surface area contributed by atoms with Gasteiger partial charge in [0.05, 0.1) is 0 Å². The van der Waals surface area contributed by atoms with Crippen LogP contribution in [0.4, 0.5) is 0 Å². The molecule has 0 bridgehead atoms. The van der Waals surface area contributed by atoms with E-state index in [0.717, 1.165) is 31.8 Å². The van der Waals surface area contributed by atoms with Crippen molar-refractivity contribution >= 4 is 0 Å². The van der Waals surface area contributed by atoms with Crippen molar-refractivity contribution in [2.45, 2.75) is 44.6 Å². The number of nitrogens with one attached hydrogen (secondary N) is 1. The Morgan fingerprint density at radius 1 is 1.29 bits per heavy atom. The van der Waals surface area contributed by atoms with Crippen LogP contribution in [0.3, 0.4) is 0 Å². The zero-order valence-electron chi connectivity index (χ0n) is 10.4. The summed E-state index contributed by atoms with van der Waals surface area (Å²) in [6.45, 7) is 2.05. The summed E-state index contributed by atoms with van der Waals surface area (Å²) in [5.74, 6) is 3.53. The molecule has 1 N–H and O–H groups in total. The van der Waals surface area contributed by atoms with Gasteiger partial charge in [-0.1, -0.05) is 24.3 Å². The first-order valence-corrected chi connectivity index (χ1v) is 6.63. The minimum absolute atomic E-state index is 0.852. The van der Waals surface area contributed by atoms with E-state index in [0.29, 0.717) is 0 Å². The van der Waals surface area contributed by atoms with Gasteiger partial charge in [-0.2, -0.15) is 0 Å². The molecule has 1 aromatic carbocycles. The van der Waals surface area contributed by atoms with Gasteiger partial charge in [-0.15, -0.1) is 12.3 Å². The Labute approximate surface area is 105 Å². The highest BCUT2D eigenvalue weighted by Crippen LogP contribution is 2.40. The molecule has 0 aromatic heterocycles. The smallest absolute Gasteiger partial charge is 0.0205 e. The lowest BCUT2D eigenvalue weighted by Crippen LogP contribution is -2.14. The van der Waals surface area contributed by atoms with E-state index in [4.69, 9.17) is 6.42 Å². The number of rotatable bonds is 7. The highest BCUT2D eigenvalue weighted by atomic mass is 14.8. The molecule has 1 saturated carbocycles. The third-order valence-corrected chi connectivity index (χ3v) is 3.25. The highest BCUT2D eigenvalue weighted by molar-refractivity contribution is 5.29. The maximum absolute atomic E-state index is 5.21. The molecule has 0 atom stereocenters. The van der Waals surface area contributed by atoms with Crippen LogP contribution >= 0.6 is 0 Å². The van der Waals surface area contributed by atoms with Crippen LogP contribution in [0.25, 0.3) is 0 Å². The highest BCUT2D eigenvalue weighted by Gasteiger charge is 2.23. The topological polar surface area (TPSA) is 12.0 Å². The molecule has 0 spiro atoms. The zero-order chi connectivity index (χ0) is 11.9. The van der Waals surface area contributed by atoms with E-state index in [1.54, 1.807) is 0 Å². The normalized spacial score (nSPS) is 14.5. The van der Waals surface area contributed by atoms with Gasteiger partial charge < -0.3 is 5.32 Å². The number of terminal acetylenes is 1. The van der Waals surface area contributed by atoms with Crippen LogP contribution in [-0.2, 0) is 6.54 Å². The van der Waals surface area contributed by atoms with Crippen LogP contribution in [0, 0.1) is 12.3 Å². The first-order valence-electron chi connectivity index (χ1n) is 6.63. The van der Waals surface area contributed by atoms with Gasteiger partial charge in [0.2, 0.25) is 0 Å². The predicted molar refractivity (Wildman–Crippen MR) is 72.8 cm³/mol. The minimum atomic E-state index is 0.852. The molecule has 1 aliphatic rings. The van der Waals surface area contributed by atoms with E-state index >= 15 is 0 Å². The van der Waals surface area contributed by atoms with E-state index in [1.165, 1.54) is 30.4 Å². The standard InChI is InChI=1S/C16H21N/c1-2-3-4-5-11-17-13-14-7-6-8-16(12-14)15-9-10-15/h1,6-8,12,15,17H,3-5,9-11,13H2. The summed E-state index contributed by atoms with van der Waals surface area (Å²) in [5, 5.41) is 3.48. The molecule has 2 rings (SSSR count). The van der Waals surface area contributed by atoms with Gasteiger partial charge in [-0.3, -0.25) is 0 Å². The van der Waals surface area contributed by atoms with Gasteiger partial charge in [-0.05, 0) is 49.3 Å². The van der Waals surface area contributed by atoms with Gasteiger partial charge in [0.25, 0.3) is 0 Å². The summed E-state index contributed by atoms with van der Waals surface area (Å²) in [5.41, 5.74) is 2.93. The molecular weight excluding hydrogens is 206 g/mol. The SMILES string of the molecule is C#CCCCCNCc1cccc(C2CC2)c1. The van der Waals surface area contributed by atoms with Gasteiger partial charge in [0.1, 0.15) is 0 Å². The van der Waals surface area contributed by atoms with Crippen molar-refractivity contribution in [3.8, 4) is 12.3 Å². The molecule has 0 unspecified atom stereocenters. The van der Waals surface area contributed by atoms with Crippen molar-refractivity contribution in [1.82, 2.24) is 5.32 Å². The second-order valence-electron chi connectivity index (χ2n) is 4.86. The third kappa shape index (κ3) is 4.24. The Morgan fingerprint density at radius 3 is 2.94 bits per heavy atom. The van der Waals surface area contributed by atoms with Crippen molar-refractivity contribution in [2.75, 3.05) is 6.54 Å². The summed E-state index contributed by atoms with van der Waals surface area (Å²) in [7, 11) is 0. The molecule has 1 heteroatoms. The number of benzene rings is 1. The van der Waals surface area contributed by atoms with E-state index in [2.05, 4.69) is 35.5 Å². The van der Waals surface area contributed by atoms with Crippen molar-refractivity contribution in [3.05, 3.63) is 35.4 Å². The number of hydrogen-bond acceptors (Lipinski definition) is 1. The fraction of sp³-hybridized carbons (Fsp3) is 0.500. The Morgan fingerprint density at radius 2 is 2.18 bits per heavy atom. The number of unbranched alkanes of at least 4 members (excludes halogenated alkanes) is 2. The molecule has 0 aliphatic heterocycles. The van der Waals surface area contributed by atoms with Crippen LogP contribution in [0.1, 0.15) is 49.1 Å². The van der Waals surface area contributed by atoms with E-state index in [9.17, 15) is 0 Å². The average Bonchev–Trinajstić information content (AvgIpc) is 3.18. The van der Waals surface area contributed by atoms with Crippen LogP contribution in [0.2, 0.25) is 0 Å². The molecular formula is C16H21N. The summed E-state index contributed by atoms with van der Waals surface area (Å²) < 4.78 is 0. The molecule has 17 heavy (non-hydrogen) atoms. The molecule has 0 saturated heterocycles. The van der Waals surface area contributed by atoms with Crippen molar-refractivity contribution in [2.24, 2.45) is 0 Å². The first-order chi connectivity index (χ1) is 8.40. The van der Waals surface area contributed by atoms with Crippen LogP contribution in [0.15, 0.2) is 24.3 Å². The van der Waals surface area contributed by atoms with Crippen LogP contribution in [-0.4, -0.2) is 6.54 Å². The van der Waals surface area contributed by atoms with E-state index in [-0.39, 0.29) is 0 Å². The Balaban J connectivity index is 1.68. The molecule has 0 radical (unpaired) electrons. The lowest BCUT2D eigenvalue weighted by molar-refractivity contribution is 0.629. The van der Waals surface area contributed by atoms with Gasteiger partial charge in [0, 0.05) is 13.0 Å². The monoisotopic (exact) mass is 227 g/mol. The molecule has 1 aliphatic carbocycles. The third-order valence-electron chi connectivity index (χ3n) is 3.25. The molecule has 1 nitrogen and oxygen atoms in total. The summed E-state index contributed by atoms with van der Waals surface area (Å²) in [4.78, 5) is 0. The Bertz CT molecular complexity index is 385. The molecule has 1 aromatic rings. The van der Waals surface area contributed by atoms with Gasteiger partial charge in [0.15, 0.2) is 0 Å². The van der Waals surface area contributed by atoms with Gasteiger partial charge in [-0.25, -0.2) is 0 Å². The lowest BCUT2D eigenvalue weighted by Gasteiger charge is -2.06. The van der Waals surface area contributed by atoms with Crippen molar-refractivity contribution in [1.29, 1.82) is 0 Å². The Kier molecular flexibility index (Phi) is 4.64. The largest absolute Gasteiger partial charge is 0.313 e. The fourth-order valence-corrected chi connectivity index (χ4v) is 2.08. The quantitative estimate of drug-likeness (QED) is 0.555. The second-order valence-corrected chi connectivity index (χ2v) is 4.86. The molecule has 90 valence electrons. The van der Waals surface area contributed by atoms with Crippen LogP contribution in [0.5, 0.6) is 0 Å². The number of hydrogen-bond donors (Lipinski definition) is 1. The van der Waals surface area contributed by atoms with Crippen molar-refractivity contribution in [3.63, 3.8) is 0 Å². The average molecular weight is 227 g/mol. The first kappa shape index (κ1) is 12.2. The molecule has 1 fully saturated rings. The Hall–Kier alpha value is -1.26. The predicted octanol–water partition coefficient (Wildman–Crippen LogP) is 3.46. The van der Waals surface area contributed by atoms with E-state index in [1.807, 2.05) is 0 Å². The zero-order valence-corrected chi connectivity index (χ0v) is 10.4.